The number of aromatic nitrogens is 1. The van der Waals surface area contributed by atoms with Crippen LogP contribution in [0, 0.1) is 20.8 Å². The first-order chi connectivity index (χ1) is 9.85. The lowest BCUT2D eigenvalue weighted by Crippen LogP contribution is -2.13. The van der Waals surface area contributed by atoms with E-state index in [0.717, 1.165) is 15.4 Å². The van der Waals surface area contributed by atoms with E-state index in [1.165, 1.54) is 22.7 Å². The Morgan fingerprint density at radius 1 is 1.24 bits per heavy atom. The van der Waals surface area contributed by atoms with Crippen LogP contribution in [0.5, 0.6) is 0 Å². The molecule has 0 unspecified atom stereocenters. The van der Waals surface area contributed by atoms with Crippen LogP contribution >= 0.6 is 22.7 Å². The summed E-state index contributed by atoms with van der Waals surface area (Å²) in [6.07, 6.45) is 0.624. The largest absolute Gasteiger partial charge is 0.478 e. The molecule has 2 heterocycles. The van der Waals surface area contributed by atoms with Crippen molar-refractivity contribution in [2.75, 3.05) is 5.32 Å². The van der Waals surface area contributed by atoms with Crippen LogP contribution in [0.25, 0.3) is 0 Å². The van der Waals surface area contributed by atoms with Crippen LogP contribution < -0.4 is 5.32 Å². The van der Waals surface area contributed by atoms with Gasteiger partial charge < -0.3 is 10.4 Å². The second-order valence-corrected chi connectivity index (χ2v) is 7.03. The summed E-state index contributed by atoms with van der Waals surface area (Å²) in [4.78, 5) is 29.4. The van der Waals surface area contributed by atoms with E-state index in [0.29, 0.717) is 22.0 Å². The van der Waals surface area contributed by atoms with Gasteiger partial charge in [0.2, 0.25) is 0 Å². The van der Waals surface area contributed by atoms with E-state index >= 15 is 0 Å². The van der Waals surface area contributed by atoms with Gasteiger partial charge in [-0.1, -0.05) is 6.92 Å². The first-order valence-electron chi connectivity index (χ1n) is 6.46. The van der Waals surface area contributed by atoms with Gasteiger partial charge in [0.1, 0.15) is 9.88 Å². The number of carboxylic acid groups (broad SMARTS) is 1. The minimum Gasteiger partial charge on any atom is -0.478 e. The molecule has 0 aromatic carbocycles. The van der Waals surface area contributed by atoms with Gasteiger partial charge in [-0.3, -0.25) is 4.79 Å². The normalized spacial score (nSPS) is 10.7. The summed E-state index contributed by atoms with van der Waals surface area (Å²) in [7, 11) is 0. The predicted molar refractivity (Wildman–Crippen MR) is 84.9 cm³/mol. The highest BCUT2D eigenvalue weighted by Gasteiger charge is 2.23. The number of hydrogen-bond donors (Lipinski definition) is 2. The molecular formula is C14H16N2O3S2. The van der Waals surface area contributed by atoms with Gasteiger partial charge in [0.05, 0.1) is 16.3 Å². The summed E-state index contributed by atoms with van der Waals surface area (Å²) in [6, 6.07) is 0. The number of nitrogens with zero attached hydrogens (tertiary/aromatic N) is 1. The Hall–Kier alpha value is -1.73. The fourth-order valence-electron chi connectivity index (χ4n) is 2.22. The maximum absolute atomic E-state index is 12.3. The van der Waals surface area contributed by atoms with E-state index in [1.54, 1.807) is 6.92 Å². The molecule has 2 aromatic rings. The Balaban J connectivity index is 2.38. The average molecular weight is 324 g/mol. The molecule has 0 aliphatic heterocycles. The second-order valence-electron chi connectivity index (χ2n) is 4.60. The van der Waals surface area contributed by atoms with Crippen molar-refractivity contribution in [1.82, 2.24) is 4.98 Å². The van der Waals surface area contributed by atoms with E-state index in [-0.39, 0.29) is 11.5 Å². The number of carbonyl (C=O) groups is 2. The minimum atomic E-state index is -1.01. The summed E-state index contributed by atoms with van der Waals surface area (Å²) in [5, 5.41) is 13.3. The van der Waals surface area contributed by atoms with Crippen LogP contribution in [0.2, 0.25) is 0 Å². The van der Waals surface area contributed by atoms with Gasteiger partial charge in [-0.2, -0.15) is 0 Å². The molecule has 0 bridgehead atoms. The SMILES string of the molecule is CCc1c(C)sc(NC(=O)c2sc(C)nc2C)c1C(=O)O. The first-order valence-corrected chi connectivity index (χ1v) is 8.09. The number of amides is 1. The van der Waals surface area contributed by atoms with Gasteiger partial charge >= 0.3 is 5.97 Å². The number of aromatic carboxylic acids is 1. The number of aryl methyl sites for hydroxylation is 3. The maximum atomic E-state index is 12.3. The molecule has 2 aromatic heterocycles. The van der Waals surface area contributed by atoms with Gasteiger partial charge in [-0.15, -0.1) is 22.7 Å². The standard InChI is InChI=1S/C14H16N2O3S2/c1-5-9-7(3)20-13(10(9)14(18)19)16-12(17)11-6(2)15-8(4)21-11/h5H2,1-4H3,(H,16,17)(H,18,19). The lowest BCUT2D eigenvalue weighted by Gasteiger charge is -2.04. The van der Waals surface area contributed by atoms with E-state index in [4.69, 9.17) is 0 Å². The average Bonchev–Trinajstić information content (AvgIpc) is 2.88. The molecule has 7 heteroatoms. The van der Waals surface area contributed by atoms with Crippen LogP contribution in [0.3, 0.4) is 0 Å². The molecule has 112 valence electrons. The fraction of sp³-hybridized carbons (Fsp3) is 0.357. The highest BCUT2D eigenvalue weighted by molar-refractivity contribution is 7.17. The first kappa shape index (κ1) is 15.7. The summed E-state index contributed by atoms with van der Waals surface area (Å²) in [6.45, 7) is 7.38. The second kappa shape index (κ2) is 5.95. The molecule has 5 nitrogen and oxygen atoms in total. The molecule has 0 atom stereocenters. The summed E-state index contributed by atoms with van der Waals surface area (Å²) >= 11 is 2.61. The lowest BCUT2D eigenvalue weighted by molar-refractivity contribution is 0.0697. The Morgan fingerprint density at radius 3 is 2.38 bits per heavy atom. The van der Waals surface area contributed by atoms with Gasteiger partial charge in [0.15, 0.2) is 0 Å². The Kier molecular flexibility index (Phi) is 4.43. The number of thiophene rings is 1. The lowest BCUT2D eigenvalue weighted by atomic mass is 10.1. The number of carboxylic acids is 1. The van der Waals surface area contributed by atoms with Gasteiger partial charge in [0, 0.05) is 4.88 Å². The smallest absolute Gasteiger partial charge is 0.339 e. The third kappa shape index (κ3) is 2.98. The van der Waals surface area contributed by atoms with Crippen molar-refractivity contribution in [2.45, 2.75) is 34.1 Å². The van der Waals surface area contributed by atoms with Crippen molar-refractivity contribution in [3.05, 3.63) is 31.6 Å². The van der Waals surface area contributed by atoms with Gasteiger partial charge in [-0.25, -0.2) is 9.78 Å². The number of hydrogen-bond acceptors (Lipinski definition) is 5. The van der Waals surface area contributed by atoms with Crippen LogP contribution in [-0.2, 0) is 6.42 Å². The molecule has 0 saturated carbocycles. The Bertz CT molecular complexity index is 716. The highest BCUT2D eigenvalue weighted by atomic mass is 32.1. The molecule has 0 saturated heterocycles. The molecule has 2 rings (SSSR count). The zero-order valence-electron chi connectivity index (χ0n) is 12.2. The molecule has 0 aliphatic carbocycles. The number of thiazole rings is 1. The monoisotopic (exact) mass is 324 g/mol. The Labute approximate surface area is 130 Å². The number of nitrogens with one attached hydrogen (secondary N) is 1. The maximum Gasteiger partial charge on any atom is 0.339 e. The number of anilines is 1. The molecule has 0 radical (unpaired) electrons. The van der Waals surface area contributed by atoms with Crippen molar-refractivity contribution in [3.8, 4) is 0 Å². The highest BCUT2D eigenvalue weighted by Crippen LogP contribution is 2.34. The minimum absolute atomic E-state index is 0.201. The van der Waals surface area contributed by atoms with E-state index in [1.807, 2.05) is 20.8 Å². The molecular weight excluding hydrogens is 308 g/mol. The van der Waals surface area contributed by atoms with Crippen LogP contribution in [0.15, 0.2) is 0 Å². The van der Waals surface area contributed by atoms with Crippen LogP contribution in [0.1, 0.15) is 48.1 Å². The van der Waals surface area contributed by atoms with Crippen molar-refractivity contribution >= 4 is 39.6 Å². The zero-order valence-corrected chi connectivity index (χ0v) is 13.9. The van der Waals surface area contributed by atoms with Gasteiger partial charge in [-0.05, 0) is 32.8 Å². The molecule has 21 heavy (non-hydrogen) atoms. The molecule has 0 fully saturated rings. The molecule has 0 aliphatic rings. The van der Waals surface area contributed by atoms with Crippen molar-refractivity contribution in [2.24, 2.45) is 0 Å². The van der Waals surface area contributed by atoms with E-state index < -0.39 is 5.97 Å². The van der Waals surface area contributed by atoms with Crippen molar-refractivity contribution in [3.63, 3.8) is 0 Å². The summed E-state index contributed by atoms with van der Waals surface area (Å²) in [5.74, 6) is -1.31. The molecule has 0 spiro atoms. The van der Waals surface area contributed by atoms with Crippen LogP contribution in [-0.4, -0.2) is 22.0 Å². The molecule has 1 amide bonds. The summed E-state index contributed by atoms with van der Waals surface area (Å²) in [5.41, 5.74) is 1.64. The number of rotatable bonds is 4. The fourth-order valence-corrected chi connectivity index (χ4v) is 4.17. The van der Waals surface area contributed by atoms with E-state index in [9.17, 15) is 14.7 Å². The molecule has 2 N–H and O–H groups in total. The third-order valence-corrected chi connectivity index (χ3v) is 5.25. The van der Waals surface area contributed by atoms with E-state index in [2.05, 4.69) is 10.3 Å². The zero-order chi connectivity index (χ0) is 15.7. The third-order valence-electron chi connectivity index (χ3n) is 3.11. The van der Waals surface area contributed by atoms with Crippen molar-refractivity contribution in [1.29, 1.82) is 0 Å². The van der Waals surface area contributed by atoms with Crippen molar-refractivity contribution < 1.29 is 14.7 Å². The predicted octanol–water partition coefficient (Wildman–Crippen LogP) is 3.64. The number of carbonyl (C=O) groups excluding carboxylic acids is 1. The quantitative estimate of drug-likeness (QED) is 0.900. The van der Waals surface area contributed by atoms with Gasteiger partial charge in [0.25, 0.3) is 5.91 Å². The topological polar surface area (TPSA) is 79.3 Å². The Morgan fingerprint density at radius 2 is 1.90 bits per heavy atom. The summed E-state index contributed by atoms with van der Waals surface area (Å²) < 4.78 is 0. The van der Waals surface area contributed by atoms with Crippen LogP contribution in [0.4, 0.5) is 5.00 Å².